The molecule has 0 atom stereocenters. The molecule has 0 aliphatic carbocycles. The van der Waals surface area contributed by atoms with Gasteiger partial charge in [0, 0.05) is 51.0 Å². The number of aromatic nitrogens is 3. The fourth-order valence-electron chi connectivity index (χ4n) is 4.78. The number of rotatable bonds is 5. The van der Waals surface area contributed by atoms with E-state index in [1.807, 2.05) is 20.5 Å². The van der Waals surface area contributed by atoms with Gasteiger partial charge in [0.2, 0.25) is 5.91 Å². The van der Waals surface area contributed by atoms with Gasteiger partial charge < -0.3 is 9.80 Å². The summed E-state index contributed by atoms with van der Waals surface area (Å²) in [7, 11) is 0. The number of nitrogens with zero attached hydrogens (tertiary/aromatic N) is 6. The van der Waals surface area contributed by atoms with E-state index in [2.05, 4.69) is 37.7 Å². The van der Waals surface area contributed by atoms with Gasteiger partial charge in [0.05, 0.1) is 23.7 Å². The summed E-state index contributed by atoms with van der Waals surface area (Å²) in [6.45, 7) is 13.3. The first-order valence-corrected chi connectivity index (χ1v) is 12.5. The first-order chi connectivity index (χ1) is 15.8. The maximum absolute atomic E-state index is 13.5. The highest BCUT2D eigenvalue weighted by Crippen LogP contribution is 2.26. The average molecular weight is 455 g/mol. The standard InChI is InChI=1S/C25H38N6O2/c1-18(2)22-15-20(21-16-26-31(19(3)4)24(21)27-22)25(33)30-13-11-28(12-14-30)17-23(32)29-9-7-5-6-8-10-29/h15-16,18-19H,5-14,17H2,1-4H3. The van der Waals surface area contributed by atoms with Crippen LogP contribution in [-0.2, 0) is 4.79 Å². The number of hydrogen-bond donors (Lipinski definition) is 0. The van der Waals surface area contributed by atoms with Crippen molar-refractivity contribution >= 4 is 22.8 Å². The minimum Gasteiger partial charge on any atom is -0.342 e. The van der Waals surface area contributed by atoms with Crippen LogP contribution in [0.5, 0.6) is 0 Å². The van der Waals surface area contributed by atoms with E-state index >= 15 is 0 Å². The van der Waals surface area contributed by atoms with E-state index in [4.69, 9.17) is 4.98 Å². The van der Waals surface area contributed by atoms with Crippen LogP contribution in [0.25, 0.3) is 11.0 Å². The quantitative estimate of drug-likeness (QED) is 0.693. The molecule has 2 aliphatic rings. The minimum absolute atomic E-state index is 0.0334. The highest BCUT2D eigenvalue weighted by Gasteiger charge is 2.27. The third kappa shape index (κ3) is 5.21. The van der Waals surface area contributed by atoms with Crippen LogP contribution < -0.4 is 0 Å². The molecule has 4 rings (SSSR count). The molecule has 0 bridgehead atoms. The SMILES string of the molecule is CC(C)c1cc(C(=O)N2CCN(CC(=O)N3CCCCCC3)CC2)c2cnn(C(C)C)c2n1. The molecule has 4 heterocycles. The van der Waals surface area contributed by atoms with Gasteiger partial charge >= 0.3 is 0 Å². The number of hydrogen-bond acceptors (Lipinski definition) is 5. The summed E-state index contributed by atoms with van der Waals surface area (Å²) in [5, 5.41) is 5.33. The Labute approximate surface area is 196 Å². The van der Waals surface area contributed by atoms with Crippen molar-refractivity contribution < 1.29 is 9.59 Å². The number of amides is 2. The zero-order valence-electron chi connectivity index (χ0n) is 20.6. The number of fused-ring (bicyclic) bond motifs is 1. The lowest BCUT2D eigenvalue weighted by atomic mass is 10.0. The van der Waals surface area contributed by atoms with Crippen molar-refractivity contribution in [3.8, 4) is 0 Å². The molecule has 8 heteroatoms. The molecule has 8 nitrogen and oxygen atoms in total. The lowest BCUT2D eigenvalue weighted by Crippen LogP contribution is -2.51. The van der Waals surface area contributed by atoms with Crippen LogP contribution in [0.15, 0.2) is 12.3 Å². The maximum Gasteiger partial charge on any atom is 0.254 e. The summed E-state index contributed by atoms with van der Waals surface area (Å²) in [5.41, 5.74) is 2.38. The van der Waals surface area contributed by atoms with Crippen LogP contribution in [0, 0.1) is 0 Å². The molecule has 33 heavy (non-hydrogen) atoms. The zero-order chi connectivity index (χ0) is 23.5. The topological polar surface area (TPSA) is 74.6 Å². The van der Waals surface area contributed by atoms with Crippen molar-refractivity contribution in [1.82, 2.24) is 29.5 Å². The Morgan fingerprint density at radius 2 is 1.58 bits per heavy atom. The molecule has 2 aliphatic heterocycles. The van der Waals surface area contributed by atoms with Crippen LogP contribution in [-0.4, -0.2) is 87.1 Å². The molecular formula is C25H38N6O2. The summed E-state index contributed by atoms with van der Waals surface area (Å²) in [5.74, 6) is 0.486. The normalized spacial score (nSPS) is 18.4. The molecule has 180 valence electrons. The highest BCUT2D eigenvalue weighted by atomic mass is 16.2. The van der Waals surface area contributed by atoms with Gasteiger partial charge in [-0.1, -0.05) is 26.7 Å². The summed E-state index contributed by atoms with van der Waals surface area (Å²) < 4.78 is 1.89. The smallest absolute Gasteiger partial charge is 0.254 e. The first kappa shape index (κ1) is 23.7. The second-order valence-electron chi connectivity index (χ2n) is 10.0. The number of carbonyl (C=O) groups excluding carboxylic acids is 2. The van der Waals surface area contributed by atoms with Gasteiger partial charge in [-0.15, -0.1) is 0 Å². The van der Waals surface area contributed by atoms with E-state index in [0.717, 1.165) is 55.7 Å². The molecule has 2 aromatic rings. The van der Waals surface area contributed by atoms with Crippen molar-refractivity contribution in [3.05, 3.63) is 23.5 Å². The molecule has 2 amide bonds. The van der Waals surface area contributed by atoms with E-state index in [1.165, 1.54) is 12.8 Å². The number of pyridine rings is 1. The van der Waals surface area contributed by atoms with Gasteiger partial charge in [-0.2, -0.15) is 5.10 Å². The molecule has 2 aromatic heterocycles. The van der Waals surface area contributed by atoms with Crippen LogP contribution in [0.2, 0.25) is 0 Å². The third-order valence-corrected chi connectivity index (χ3v) is 6.87. The number of piperazine rings is 1. The number of carbonyl (C=O) groups is 2. The summed E-state index contributed by atoms with van der Waals surface area (Å²) in [6.07, 6.45) is 6.44. The maximum atomic E-state index is 13.5. The third-order valence-electron chi connectivity index (χ3n) is 6.87. The predicted octanol–water partition coefficient (Wildman–Crippen LogP) is 3.30. The summed E-state index contributed by atoms with van der Waals surface area (Å²) >= 11 is 0. The second kappa shape index (κ2) is 10.2. The Morgan fingerprint density at radius 3 is 2.18 bits per heavy atom. The first-order valence-electron chi connectivity index (χ1n) is 12.5. The van der Waals surface area contributed by atoms with E-state index in [9.17, 15) is 9.59 Å². The van der Waals surface area contributed by atoms with Gasteiger partial charge in [0.25, 0.3) is 5.91 Å². The second-order valence-corrected chi connectivity index (χ2v) is 10.0. The molecule has 0 spiro atoms. The zero-order valence-corrected chi connectivity index (χ0v) is 20.6. The van der Waals surface area contributed by atoms with Gasteiger partial charge in [-0.3, -0.25) is 14.5 Å². The van der Waals surface area contributed by atoms with E-state index < -0.39 is 0 Å². The van der Waals surface area contributed by atoms with Crippen LogP contribution in [0.3, 0.4) is 0 Å². The lowest BCUT2D eigenvalue weighted by Gasteiger charge is -2.35. The van der Waals surface area contributed by atoms with Crippen molar-refractivity contribution in [2.24, 2.45) is 0 Å². The monoisotopic (exact) mass is 454 g/mol. The molecule has 0 radical (unpaired) electrons. The molecule has 0 unspecified atom stereocenters. The predicted molar refractivity (Wildman–Crippen MR) is 129 cm³/mol. The average Bonchev–Trinajstić information content (AvgIpc) is 3.04. The number of likely N-dealkylation sites (tertiary alicyclic amines) is 1. The van der Waals surface area contributed by atoms with Crippen LogP contribution >= 0.6 is 0 Å². The molecule has 2 saturated heterocycles. The molecule has 0 N–H and O–H groups in total. The van der Waals surface area contributed by atoms with Gasteiger partial charge in [0.15, 0.2) is 5.65 Å². The molecular weight excluding hydrogens is 416 g/mol. The van der Waals surface area contributed by atoms with Gasteiger partial charge in [-0.05, 0) is 38.7 Å². The van der Waals surface area contributed by atoms with E-state index in [-0.39, 0.29) is 23.8 Å². The van der Waals surface area contributed by atoms with Crippen LogP contribution in [0.4, 0.5) is 0 Å². The molecule has 2 fully saturated rings. The Morgan fingerprint density at radius 1 is 0.909 bits per heavy atom. The van der Waals surface area contributed by atoms with Crippen molar-refractivity contribution in [2.45, 2.75) is 65.3 Å². The van der Waals surface area contributed by atoms with E-state index in [0.29, 0.717) is 25.2 Å². The van der Waals surface area contributed by atoms with Crippen LogP contribution in [0.1, 0.15) is 81.4 Å². The Bertz CT molecular complexity index is 982. The Kier molecular flexibility index (Phi) is 7.32. The van der Waals surface area contributed by atoms with Gasteiger partial charge in [0.1, 0.15) is 0 Å². The van der Waals surface area contributed by atoms with E-state index in [1.54, 1.807) is 6.20 Å². The Balaban J connectivity index is 1.45. The molecule has 0 saturated carbocycles. The molecule has 0 aromatic carbocycles. The van der Waals surface area contributed by atoms with Crippen molar-refractivity contribution in [1.29, 1.82) is 0 Å². The van der Waals surface area contributed by atoms with Crippen molar-refractivity contribution in [3.63, 3.8) is 0 Å². The minimum atomic E-state index is 0.0334. The van der Waals surface area contributed by atoms with Gasteiger partial charge in [-0.25, -0.2) is 9.67 Å². The largest absolute Gasteiger partial charge is 0.342 e. The highest BCUT2D eigenvalue weighted by molar-refractivity contribution is 6.05. The lowest BCUT2D eigenvalue weighted by molar-refractivity contribution is -0.132. The summed E-state index contributed by atoms with van der Waals surface area (Å²) in [4.78, 5) is 37.2. The fourth-order valence-corrected chi connectivity index (χ4v) is 4.78. The van der Waals surface area contributed by atoms with Crippen molar-refractivity contribution in [2.75, 3.05) is 45.8 Å². The summed E-state index contributed by atoms with van der Waals surface area (Å²) in [6, 6.07) is 2.11. The Hall–Kier alpha value is -2.48. The fraction of sp³-hybridized carbons (Fsp3) is 0.680.